The number of ether oxygens (including phenoxy) is 2. The van der Waals surface area contributed by atoms with Gasteiger partial charge in [-0.2, -0.15) is 12.6 Å². The van der Waals surface area contributed by atoms with E-state index in [2.05, 4.69) is 34.1 Å². The van der Waals surface area contributed by atoms with E-state index in [0.29, 0.717) is 13.2 Å². The highest BCUT2D eigenvalue weighted by molar-refractivity contribution is 7.81. The van der Waals surface area contributed by atoms with Gasteiger partial charge in [-0.05, 0) is 17.7 Å². The number of methoxy groups -OCH3 is 1. The van der Waals surface area contributed by atoms with Gasteiger partial charge in [0.15, 0.2) is 0 Å². The lowest BCUT2D eigenvalue weighted by Crippen LogP contribution is -2.48. The predicted molar refractivity (Wildman–Crippen MR) is 111 cm³/mol. The molecule has 0 N–H and O–H groups in total. The summed E-state index contributed by atoms with van der Waals surface area (Å²) in [5, 5.41) is 0.233. The quantitative estimate of drug-likeness (QED) is 0.719. The zero-order valence-corrected chi connectivity index (χ0v) is 16.3. The van der Waals surface area contributed by atoms with Gasteiger partial charge in [0.2, 0.25) is 0 Å². The average Bonchev–Trinajstić information content (AvgIpc) is 2.69. The standard InChI is InChI=1S/C21H28N2O2S/c1-24-21-10-6-5-9-20(21)23-13-11-22(12-14-23)15-19(26)17-25-16-18-7-3-2-4-8-18/h2-10,19,26H,11-17H2,1H3. The molecule has 26 heavy (non-hydrogen) atoms. The van der Waals surface area contributed by atoms with E-state index in [-0.39, 0.29) is 5.25 Å². The molecule has 2 aromatic carbocycles. The molecule has 1 atom stereocenters. The van der Waals surface area contributed by atoms with Gasteiger partial charge in [0.05, 0.1) is 26.0 Å². The summed E-state index contributed by atoms with van der Waals surface area (Å²) >= 11 is 4.71. The average molecular weight is 373 g/mol. The van der Waals surface area contributed by atoms with Crippen molar-refractivity contribution in [3.05, 3.63) is 60.2 Å². The van der Waals surface area contributed by atoms with Crippen LogP contribution >= 0.6 is 12.6 Å². The first-order chi connectivity index (χ1) is 12.8. The molecule has 3 rings (SSSR count). The van der Waals surface area contributed by atoms with Crippen molar-refractivity contribution >= 4 is 18.3 Å². The monoisotopic (exact) mass is 372 g/mol. The maximum Gasteiger partial charge on any atom is 0.142 e. The molecule has 1 heterocycles. The zero-order valence-electron chi connectivity index (χ0n) is 15.4. The van der Waals surface area contributed by atoms with E-state index in [1.54, 1.807) is 7.11 Å². The Bertz CT molecular complexity index is 660. The van der Waals surface area contributed by atoms with Gasteiger partial charge >= 0.3 is 0 Å². The van der Waals surface area contributed by atoms with Crippen LogP contribution < -0.4 is 9.64 Å². The van der Waals surface area contributed by atoms with Gasteiger partial charge in [-0.3, -0.25) is 4.90 Å². The summed E-state index contributed by atoms with van der Waals surface area (Å²) < 4.78 is 11.3. The molecular formula is C21H28N2O2S. The maximum absolute atomic E-state index is 5.81. The Kier molecular flexibility index (Phi) is 7.23. The predicted octanol–water partition coefficient (Wildman–Crippen LogP) is 3.33. The van der Waals surface area contributed by atoms with E-state index >= 15 is 0 Å². The number of benzene rings is 2. The summed E-state index contributed by atoms with van der Waals surface area (Å²) in [4.78, 5) is 4.87. The van der Waals surface area contributed by atoms with E-state index in [1.807, 2.05) is 30.3 Å². The Morgan fingerprint density at radius 1 is 0.962 bits per heavy atom. The van der Waals surface area contributed by atoms with Crippen molar-refractivity contribution < 1.29 is 9.47 Å². The molecule has 0 aromatic heterocycles. The summed E-state index contributed by atoms with van der Waals surface area (Å²) in [6, 6.07) is 18.5. The van der Waals surface area contributed by atoms with Crippen LogP contribution in [0.4, 0.5) is 5.69 Å². The molecule has 0 radical (unpaired) electrons. The molecule has 0 saturated carbocycles. The summed E-state index contributed by atoms with van der Waals surface area (Å²) in [6.07, 6.45) is 0. The Morgan fingerprint density at radius 3 is 2.38 bits per heavy atom. The minimum Gasteiger partial charge on any atom is -0.495 e. The number of hydrogen-bond acceptors (Lipinski definition) is 5. The SMILES string of the molecule is COc1ccccc1N1CCN(CC(S)COCc2ccccc2)CC1. The van der Waals surface area contributed by atoms with Gasteiger partial charge in [-0.25, -0.2) is 0 Å². The smallest absolute Gasteiger partial charge is 0.142 e. The molecule has 1 saturated heterocycles. The van der Waals surface area contributed by atoms with Crippen molar-refractivity contribution in [3.8, 4) is 5.75 Å². The fourth-order valence-corrected chi connectivity index (χ4v) is 3.64. The number of hydrogen-bond donors (Lipinski definition) is 1. The number of piperazine rings is 1. The second-order valence-corrected chi connectivity index (χ2v) is 7.34. The van der Waals surface area contributed by atoms with Crippen molar-refractivity contribution in [2.75, 3.05) is 51.3 Å². The van der Waals surface area contributed by atoms with Gasteiger partial charge in [0.25, 0.3) is 0 Å². The van der Waals surface area contributed by atoms with E-state index in [4.69, 9.17) is 22.1 Å². The van der Waals surface area contributed by atoms with Gasteiger partial charge in [0, 0.05) is 38.0 Å². The molecular weight excluding hydrogens is 344 g/mol. The molecule has 0 spiro atoms. The molecule has 4 nitrogen and oxygen atoms in total. The lowest BCUT2D eigenvalue weighted by Gasteiger charge is -2.37. The van der Waals surface area contributed by atoms with Gasteiger partial charge in [-0.15, -0.1) is 0 Å². The van der Waals surface area contributed by atoms with Crippen LogP contribution in [0, 0.1) is 0 Å². The Balaban J connectivity index is 1.39. The molecule has 2 aromatic rings. The van der Waals surface area contributed by atoms with Crippen molar-refractivity contribution in [1.29, 1.82) is 0 Å². The molecule has 5 heteroatoms. The Morgan fingerprint density at radius 2 is 1.65 bits per heavy atom. The van der Waals surface area contributed by atoms with Gasteiger partial charge in [-0.1, -0.05) is 42.5 Å². The van der Waals surface area contributed by atoms with Crippen LogP contribution in [0.2, 0.25) is 0 Å². The van der Waals surface area contributed by atoms with Crippen LogP contribution in [0.15, 0.2) is 54.6 Å². The van der Waals surface area contributed by atoms with Crippen LogP contribution in [0.1, 0.15) is 5.56 Å². The van der Waals surface area contributed by atoms with Crippen LogP contribution in [0.5, 0.6) is 5.75 Å². The molecule has 1 unspecified atom stereocenters. The molecule has 0 amide bonds. The van der Waals surface area contributed by atoms with Crippen molar-refractivity contribution in [1.82, 2.24) is 4.90 Å². The molecule has 1 aliphatic heterocycles. The second kappa shape index (κ2) is 9.86. The van der Waals surface area contributed by atoms with Crippen LogP contribution in [0.3, 0.4) is 0 Å². The highest BCUT2D eigenvalue weighted by Crippen LogP contribution is 2.28. The number of rotatable bonds is 8. The lowest BCUT2D eigenvalue weighted by molar-refractivity contribution is 0.112. The van der Waals surface area contributed by atoms with Crippen molar-refractivity contribution in [2.45, 2.75) is 11.9 Å². The fourth-order valence-electron chi connectivity index (χ4n) is 3.30. The number of nitrogens with zero attached hydrogens (tertiary/aromatic N) is 2. The third kappa shape index (κ3) is 5.40. The van der Waals surface area contributed by atoms with Crippen molar-refractivity contribution in [3.63, 3.8) is 0 Å². The third-order valence-corrected chi connectivity index (χ3v) is 5.00. The Hall–Kier alpha value is -1.69. The molecule has 0 bridgehead atoms. The topological polar surface area (TPSA) is 24.9 Å². The van der Waals surface area contributed by atoms with E-state index in [9.17, 15) is 0 Å². The zero-order chi connectivity index (χ0) is 18.2. The summed E-state index contributed by atoms with van der Waals surface area (Å²) in [6.45, 7) is 6.36. The first-order valence-corrected chi connectivity index (χ1v) is 9.68. The van der Waals surface area contributed by atoms with E-state index < -0.39 is 0 Å². The van der Waals surface area contributed by atoms with Crippen molar-refractivity contribution in [2.24, 2.45) is 0 Å². The van der Waals surface area contributed by atoms with Crippen LogP contribution in [0.25, 0.3) is 0 Å². The number of para-hydroxylation sites is 2. The first kappa shape index (κ1) is 19.1. The highest BCUT2D eigenvalue weighted by Gasteiger charge is 2.20. The summed E-state index contributed by atoms with van der Waals surface area (Å²) in [7, 11) is 1.73. The summed E-state index contributed by atoms with van der Waals surface area (Å²) in [5.74, 6) is 0.947. The molecule has 0 aliphatic carbocycles. The third-order valence-electron chi connectivity index (χ3n) is 4.69. The first-order valence-electron chi connectivity index (χ1n) is 9.16. The Labute approximate surface area is 162 Å². The number of anilines is 1. The normalized spacial score (nSPS) is 16.5. The van der Waals surface area contributed by atoms with Crippen LogP contribution in [-0.2, 0) is 11.3 Å². The maximum atomic E-state index is 5.81. The van der Waals surface area contributed by atoms with E-state index in [1.165, 1.54) is 11.3 Å². The lowest BCUT2D eigenvalue weighted by atomic mass is 10.2. The molecule has 140 valence electrons. The fraction of sp³-hybridized carbons (Fsp3) is 0.429. The highest BCUT2D eigenvalue weighted by atomic mass is 32.1. The molecule has 1 aliphatic rings. The van der Waals surface area contributed by atoms with Crippen LogP contribution in [-0.4, -0.2) is 56.6 Å². The molecule has 1 fully saturated rings. The second-order valence-electron chi connectivity index (χ2n) is 6.61. The largest absolute Gasteiger partial charge is 0.495 e. The van der Waals surface area contributed by atoms with E-state index in [0.717, 1.165) is 38.5 Å². The van der Waals surface area contributed by atoms with Gasteiger partial charge in [0.1, 0.15) is 5.75 Å². The minimum atomic E-state index is 0.233. The minimum absolute atomic E-state index is 0.233. The number of thiol groups is 1. The van der Waals surface area contributed by atoms with Gasteiger partial charge < -0.3 is 14.4 Å². The summed E-state index contributed by atoms with van der Waals surface area (Å²) in [5.41, 5.74) is 2.39.